The van der Waals surface area contributed by atoms with Crippen LogP contribution in [0.15, 0.2) is 24.3 Å². The van der Waals surface area contributed by atoms with Crippen LogP contribution in [0.5, 0.6) is 0 Å². The minimum absolute atomic E-state index is 0.00613. The zero-order valence-electron chi connectivity index (χ0n) is 11.2. The lowest BCUT2D eigenvalue weighted by molar-refractivity contribution is -0.129. The molecule has 1 N–H and O–H groups in total. The second-order valence-electron chi connectivity index (χ2n) is 5.52. The maximum absolute atomic E-state index is 12.9. The molecule has 4 nitrogen and oxygen atoms in total. The van der Waals surface area contributed by atoms with Crippen LogP contribution < -0.4 is 10.2 Å². The molecule has 1 heterocycles. The summed E-state index contributed by atoms with van der Waals surface area (Å²) in [5, 5.41) is 2.99. The van der Waals surface area contributed by atoms with Crippen molar-refractivity contribution in [1.82, 2.24) is 5.32 Å². The van der Waals surface area contributed by atoms with Gasteiger partial charge in [-0.15, -0.1) is 0 Å². The van der Waals surface area contributed by atoms with E-state index < -0.39 is 5.54 Å². The molecule has 2 fully saturated rings. The summed E-state index contributed by atoms with van der Waals surface area (Å²) < 4.78 is 1.09. The molecule has 1 aliphatic heterocycles. The number of carbonyl (C=O) groups excluding carboxylic acids is 2. The van der Waals surface area contributed by atoms with Gasteiger partial charge in [-0.25, -0.2) is 0 Å². The molecule has 3 rings (SSSR count). The molecule has 1 saturated heterocycles. The normalized spacial score (nSPS) is 21.9. The lowest BCUT2D eigenvalue weighted by Gasteiger charge is -2.31. The minimum Gasteiger partial charge on any atom is -0.342 e. The highest BCUT2D eigenvalue weighted by Crippen LogP contribution is 2.34. The third kappa shape index (κ3) is 2.43. The van der Waals surface area contributed by atoms with Crippen LogP contribution in [0, 0.1) is 3.57 Å². The van der Waals surface area contributed by atoms with E-state index in [0.29, 0.717) is 13.0 Å². The van der Waals surface area contributed by atoms with Crippen LogP contribution in [0.4, 0.5) is 5.69 Å². The highest BCUT2D eigenvalue weighted by Gasteiger charge is 2.46. The number of hydrogen-bond acceptors (Lipinski definition) is 2. The Bertz CT molecular complexity index is 553. The van der Waals surface area contributed by atoms with Gasteiger partial charge in [0.15, 0.2) is 0 Å². The van der Waals surface area contributed by atoms with Crippen molar-refractivity contribution in [2.45, 2.75) is 37.6 Å². The number of halogens is 1. The van der Waals surface area contributed by atoms with Gasteiger partial charge in [-0.2, -0.15) is 0 Å². The molecule has 1 saturated carbocycles. The van der Waals surface area contributed by atoms with Crippen molar-refractivity contribution in [2.75, 3.05) is 11.4 Å². The molecule has 2 aliphatic rings. The SMILES string of the molecule is O=C1CCN(c2cccc(I)c2)C(=O)C2(CCCC2)N1. The molecule has 20 heavy (non-hydrogen) atoms. The third-order valence-corrected chi connectivity index (χ3v) is 4.84. The van der Waals surface area contributed by atoms with Crippen LogP contribution in [-0.2, 0) is 9.59 Å². The van der Waals surface area contributed by atoms with Crippen LogP contribution in [0.2, 0.25) is 0 Å². The van der Waals surface area contributed by atoms with Gasteiger partial charge in [0.05, 0.1) is 0 Å². The number of rotatable bonds is 1. The number of anilines is 1. The summed E-state index contributed by atoms with van der Waals surface area (Å²) in [7, 11) is 0. The maximum atomic E-state index is 12.9. The van der Waals surface area contributed by atoms with Gasteiger partial charge in [0.2, 0.25) is 5.91 Å². The van der Waals surface area contributed by atoms with Crippen molar-refractivity contribution in [3.05, 3.63) is 27.8 Å². The van der Waals surface area contributed by atoms with E-state index in [1.54, 1.807) is 4.90 Å². The van der Waals surface area contributed by atoms with Gasteiger partial charge < -0.3 is 10.2 Å². The molecule has 5 heteroatoms. The first-order valence-corrected chi connectivity index (χ1v) is 8.07. The third-order valence-electron chi connectivity index (χ3n) is 4.17. The predicted molar refractivity (Wildman–Crippen MR) is 85.5 cm³/mol. The molecule has 0 unspecified atom stereocenters. The van der Waals surface area contributed by atoms with Gasteiger partial charge >= 0.3 is 0 Å². The fourth-order valence-corrected chi connectivity index (χ4v) is 3.69. The van der Waals surface area contributed by atoms with Crippen molar-refractivity contribution >= 4 is 40.1 Å². The molecule has 0 radical (unpaired) electrons. The van der Waals surface area contributed by atoms with Crippen molar-refractivity contribution in [1.29, 1.82) is 0 Å². The zero-order valence-corrected chi connectivity index (χ0v) is 13.4. The van der Waals surface area contributed by atoms with Gasteiger partial charge in [0, 0.05) is 22.2 Å². The summed E-state index contributed by atoms with van der Waals surface area (Å²) in [6.07, 6.45) is 3.91. The monoisotopic (exact) mass is 384 g/mol. The largest absolute Gasteiger partial charge is 0.342 e. The molecule has 0 atom stereocenters. The lowest BCUT2D eigenvalue weighted by atomic mass is 9.95. The average Bonchev–Trinajstić information content (AvgIpc) is 2.83. The first-order chi connectivity index (χ1) is 9.61. The molecular weight excluding hydrogens is 367 g/mol. The van der Waals surface area contributed by atoms with Crippen LogP contribution >= 0.6 is 22.6 Å². The molecule has 2 amide bonds. The van der Waals surface area contributed by atoms with E-state index in [9.17, 15) is 9.59 Å². The van der Waals surface area contributed by atoms with Gasteiger partial charge in [-0.1, -0.05) is 18.9 Å². The summed E-state index contributed by atoms with van der Waals surface area (Å²) in [4.78, 5) is 26.7. The molecule has 1 aromatic carbocycles. The van der Waals surface area contributed by atoms with E-state index in [1.807, 2.05) is 24.3 Å². The van der Waals surface area contributed by atoms with Crippen molar-refractivity contribution in [3.8, 4) is 0 Å². The van der Waals surface area contributed by atoms with E-state index in [0.717, 1.165) is 34.9 Å². The summed E-state index contributed by atoms with van der Waals surface area (Å²) in [6, 6.07) is 7.89. The van der Waals surface area contributed by atoms with Crippen LogP contribution in [0.1, 0.15) is 32.1 Å². The van der Waals surface area contributed by atoms with Gasteiger partial charge in [0.25, 0.3) is 5.91 Å². The lowest BCUT2D eigenvalue weighted by Crippen LogP contribution is -2.55. The number of hydrogen-bond donors (Lipinski definition) is 1. The smallest absolute Gasteiger partial charge is 0.252 e. The topological polar surface area (TPSA) is 49.4 Å². The summed E-state index contributed by atoms with van der Waals surface area (Å²) in [6.45, 7) is 0.465. The number of carbonyl (C=O) groups is 2. The highest BCUT2D eigenvalue weighted by molar-refractivity contribution is 14.1. The molecule has 1 aromatic rings. The van der Waals surface area contributed by atoms with E-state index >= 15 is 0 Å². The first kappa shape index (κ1) is 13.9. The van der Waals surface area contributed by atoms with Gasteiger partial charge in [0.1, 0.15) is 5.54 Å². The Morgan fingerprint density at radius 2 is 1.95 bits per heavy atom. The van der Waals surface area contributed by atoms with E-state index in [-0.39, 0.29) is 11.8 Å². The average molecular weight is 384 g/mol. The second kappa shape index (κ2) is 5.35. The number of nitrogens with zero attached hydrogens (tertiary/aromatic N) is 1. The first-order valence-electron chi connectivity index (χ1n) is 6.99. The Kier molecular flexibility index (Phi) is 3.70. The predicted octanol–water partition coefficient (Wildman–Crippen LogP) is 2.46. The molecule has 0 bridgehead atoms. The molecule has 1 aliphatic carbocycles. The van der Waals surface area contributed by atoms with Gasteiger partial charge in [-0.3, -0.25) is 9.59 Å². The second-order valence-corrected chi connectivity index (χ2v) is 6.77. The van der Waals surface area contributed by atoms with Crippen LogP contribution in [0.3, 0.4) is 0 Å². The summed E-state index contributed by atoms with van der Waals surface area (Å²) >= 11 is 2.24. The summed E-state index contributed by atoms with van der Waals surface area (Å²) in [5.74, 6) is 0.0521. The fraction of sp³-hybridized carbons (Fsp3) is 0.467. The zero-order chi connectivity index (χ0) is 14.2. The minimum atomic E-state index is -0.658. The summed E-state index contributed by atoms with van der Waals surface area (Å²) in [5.41, 5.74) is 0.235. The van der Waals surface area contributed by atoms with Crippen molar-refractivity contribution < 1.29 is 9.59 Å². The Morgan fingerprint density at radius 3 is 2.65 bits per heavy atom. The highest BCUT2D eigenvalue weighted by atomic mass is 127. The number of benzene rings is 1. The van der Waals surface area contributed by atoms with Gasteiger partial charge in [-0.05, 0) is 53.6 Å². The van der Waals surface area contributed by atoms with E-state index in [1.165, 1.54) is 0 Å². The number of nitrogens with one attached hydrogen (secondary N) is 1. The fourth-order valence-electron chi connectivity index (χ4n) is 3.16. The maximum Gasteiger partial charge on any atom is 0.252 e. The Labute approximate surface area is 132 Å². The van der Waals surface area contributed by atoms with E-state index in [2.05, 4.69) is 27.9 Å². The molecule has 1 spiro atoms. The van der Waals surface area contributed by atoms with Crippen molar-refractivity contribution in [3.63, 3.8) is 0 Å². The molecule has 106 valence electrons. The molecule has 0 aromatic heterocycles. The Morgan fingerprint density at radius 1 is 1.20 bits per heavy atom. The Hall–Kier alpha value is -1.11. The Balaban J connectivity index is 1.98. The quantitative estimate of drug-likeness (QED) is 0.757. The van der Waals surface area contributed by atoms with E-state index in [4.69, 9.17) is 0 Å². The van der Waals surface area contributed by atoms with Crippen LogP contribution in [-0.4, -0.2) is 23.9 Å². The van der Waals surface area contributed by atoms with Crippen molar-refractivity contribution in [2.24, 2.45) is 0 Å². The standard InChI is InChI=1S/C15H17IN2O2/c16-11-4-3-5-12(10-11)18-9-6-13(19)17-15(14(18)20)7-1-2-8-15/h3-5,10H,1-2,6-9H2,(H,17,19). The van der Waals surface area contributed by atoms with Crippen LogP contribution in [0.25, 0.3) is 0 Å². The number of amides is 2. The molecular formula is C15H17IN2O2.